The van der Waals surface area contributed by atoms with E-state index in [4.69, 9.17) is 18.0 Å². The Kier molecular flexibility index (Phi) is 4.56. The maximum atomic E-state index is 12.2. The van der Waals surface area contributed by atoms with Crippen molar-refractivity contribution in [3.63, 3.8) is 0 Å². The third-order valence-corrected chi connectivity index (χ3v) is 2.66. The molecule has 3 N–H and O–H groups in total. The Morgan fingerprint density at radius 2 is 2.06 bits per heavy atom. The van der Waals surface area contributed by atoms with Crippen molar-refractivity contribution in [3.05, 3.63) is 29.3 Å². The first-order valence-corrected chi connectivity index (χ1v) is 5.83. The minimum Gasteiger partial charge on any atom is -0.389 e. The number of thiocarbonyl (C=S) groups is 1. The zero-order chi connectivity index (χ0) is 13.9. The van der Waals surface area contributed by atoms with E-state index < -0.39 is 18.6 Å². The molecular formula is C12H15F3N2S. The minimum absolute atomic E-state index is 0.280. The molecule has 0 aliphatic carbocycles. The van der Waals surface area contributed by atoms with E-state index in [-0.39, 0.29) is 4.99 Å². The Balaban J connectivity index is 2.75. The fraction of sp³-hybridized carbons (Fsp3) is 0.417. The first-order valence-electron chi connectivity index (χ1n) is 5.43. The topological polar surface area (TPSA) is 38.0 Å². The number of hydrogen-bond donors (Lipinski definition) is 2. The van der Waals surface area contributed by atoms with Gasteiger partial charge in [0.05, 0.1) is 6.42 Å². The summed E-state index contributed by atoms with van der Waals surface area (Å²) in [6, 6.07) is 4.44. The number of nitrogens with two attached hydrogens (primary N) is 1. The van der Waals surface area contributed by atoms with Gasteiger partial charge in [-0.2, -0.15) is 13.2 Å². The van der Waals surface area contributed by atoms with Crippen LogP contribution in [0.2, 0.25) is 0 Å². The van der Waals surface area contributed by atoms with Crippen LogP contribution < -0.4 is 11.1 Å². The van der Waals surface area contributed by atoms with Gasteiger partial charge in [-0.25, -0.2) is 0 Å². The van der Waals surface area contributed by atoms with E-state index in [9.17, 15) is 13.2 Å². The Labute approximate surface area is 109 Å². The van der Waals surface area contributed by atoms with Crippen LogP contribution in [0.15, 0.2) is 18.2 Å². The molecule has 0 aliphatic rings. The van der Waals surface area contributed by atoms with Gasteiger partial charge in [0.1, 0.15) is 4.99 Å². The molecule has 2 nitrogen and oxygen atoms in total. The van der Waals surface area contributed by atoms with Gasteiger partial charge >= 0.3 is 6.18 Å². The van der Waals surface area contributed by atoms with E-state index >= 15 is 0 Å². The summed E-state index contributed by atoms with van der Waals surface area (Å²) in [6.07, 6.45) is -5.04. The van der Waals surface area contributed by atoms with Gasteiger partial charge in [-0.05, 0) is 37.6 Å². The average Bonchev–Trinajstić information content (AvgIpc) is 2.13. The average molecular weight is 276 g/mol. The normalized spacial score (nSPS) is 13.2. The molecule has 1 rings (SSSR count). The van der Waals surface area contributed by atoms with Gasteiger partial charge in [-0.15, -0.1) is 0 Å². The van der Waals surface area contributed by atoms with Crippen molar-refractivity contribution < 1.29 is 13.2 Å². The molecule has 1 aromatic rings. The summed E-state index contributed by atoms with van der Waals surface area (Å²) in [6.45, 7) is 3.30. The van der Waals surface area contributed by atoms with Crippen LogP contribution in [0.3, 0.4) is 0 Å². The molecule has 6 heteroatoms. The highest BCUT2D eigenvalue weighted by Gasteiger charge is 2.29. The van der Waals surface area contributed by atoms with Gasteiger partial charge in [0, 0.05) is 17.3 Å². The second-order valence-corrected chi connectivity index (χ2v) is 4.70. The molecule has 100 valence electrons. The molecule has 0 spiro atoms. The van der Waals surface area contributed by atoms with E-state index in [1.807, 2.05) is 6.92 Å². The highest BCUT2D eigenvalue weighted by atomic mass is 32.1. The number of nitrogens with one attached hydrogen (secondary N) is 1. The van der Waals surface area contributed by atoms with Gasteiger partial charge in [0.15, 0.2) is 0 Å². The van der Waals surface area contributed by atoms with Crippen molar-refractivity contribution in [2.24, 2.45) is 5.73 Å². The standard InChI is InChI=1S/C12H15F3N2S/c1-7-5-9(3-4-10(7)11(16)18)17-8(2)6-12(13,14)15/h3-5,8,17H,6H2,1-2H3,(H2,16,18). The van der Waals surface area contributed by atoms with Crippen LogP contribution in [0, 0.1) is 6.92 Å². The van der Waals surface area contributed by atoms with Crippen LogP contribution in [-0.4, -0.2) is 17.2 Å². The second kappa shape index (κ2) is 5.56. The maximum Gasteiger partial charge on any atom is 0.391 e. The molecule has 0 heterocycles. The van der Waals surface area contributed by atoms with Crippen LogP contribution in [-0.2, 0) is 0 Å². The Bertz CT molecular complexity index is 443. The smallest absolute Gasteiger partial charge is 0.389 e. The highest BCUT2D eigenvalue weighted by Crippen LogP contribution is 2.24. The number of rotatable bonds is 4. The fourth-order valence-electron chi connectivity index (χ4n) is 1.71. The monoisotopic (exact) mass is 276 g/mol. The number of benzene rings is 1. The highest BCUT2D eigenvalue weighted by molar-refractivity contribution is 7.80. The van der Waals surface area contributed by atoms with Crippen molar-refractivity contribution in [1.82, 2.24) is 0 Å². The lowest BCUT2D eigenvalue weighted by atomic mass is 10.1. The molecule has 1 unspecified atom stereocenters. The van der Waals surface area contributed by atoms with E-state index in [1.165, 1.54) is 6.92 Å². The lowest BCUT2D eigenvalue weighted by Crippen LogP contribution is -2.24. The molecule has 1 atom stereocenters. The zero-order valence-corrected chi connectivity index (χ0v) is 11.0. The third kappa shape index (κ3) is 4.52. The van der Waals surface area contributed by atoms with Crippen molar-refractivity contribution in [2.45, 2.75) is 32.5 Å². The quantitative estimate of drug-likeness (QED) is 0.828. The van der Waals surface area contributed by atoms with Crippen LogP contribution in [0.4, 0.5) is 18.9 Å². The lowest BCUT2D eigenvalue weighted by Gasteiger charge is -2.18. The van der Waals surface area contributed by atoms with Crippen molar-refractivity contribution in [2.75, 3.05) is 5.32 Å². The minimum atomic E-state index is -4.17. The number of hydrogen-bond acceptors (Lipinski definition) is 2. The molecule has 0 radical (unpaired) electrons. The first kappa shape index (κ1) is 14.8. The molecule has 0 aromatic heterocycles. The summed E-state index contributed by atoms with van der Waals surface area (Å²) in [4.78, 5) is 0.280. The fourth-order valence-corrected chi connectivity index (χ4v) is 1.94. The van der Waals surface area contributed by atoms with Gasteiger partial charge in [-0.3, -0.25) is 0 Å². The molecular weight excluding hydrogens is 261 g/mol. The maximum absolute atomic E-state index is 12.2. The Morgan fingerprint density at radius 3 is 2.50 bits per heavy atom. The summed E-state index contributed by atoms with van der Waals surface area (Å²) >= 11 is 4.86. The van der Waals surface area contributed by atoms with E-state index in [0.29, 0.717) is 5.69 Å². The largest absolute Gasteiger partial charge is 0.391 e. The van der Waals surface area contributed by atoms with Crippen LogP contribution in [0.25, 0.3) is 0 Å². The second-order valence-electron chi connectivity index (χ2n) is 4.26. The number of anilines is 1. The van der Waals surface area contributed by atoms with Crippen LogP contribution in [0.5, 0.6) is 0 Å². The van der Waals surface area contributed by atoms with Crippen molar-refractivity contribution in [1.29, 1.82) is 0 Å². The Morgan fingerprint density at radius 1 is 1.44 bits per heavy atom. The summed E-state index contributed by atoms with van der Waals surface area (Å²) in [5, 5.41) is 2.80. The van der Waals surface area contributed by atoms with Crippen LogP contribution >= 0.6 is 12.2 Å². The zero-order valence-electron chi connectivity index (χ0n) is 10.1. The van der Waals surface area contributed by atoms with Crippen LogP contribution in [0.1, 0.15) is 24.5 Å². The SMILES string of the molecule is Cc1cc(NC(C)CC(F)(F)F)ccc1C(N)=S. The molecule has 0 aliphatic heterocycles. The Hall–Kier alpha value is -1.30. The third-order valence-electron chi connectivity index (χ3n) is 2.44. The molecule has 0 saturated carbocycles. The lowest BCUT2D eigenvalue weighted by molar-refractivity contribution is -0.136. The number of halogens is 3. The predicted octanol–water partition coefficient (Wildman–Crippen LogP) is 3.38. The number of alkyl halides is 3. The number of aryl methyl sites for hydroxylation is 1. The molecule has 0 saturated heterocycles. The molecule has 0 fully saturated rings. The molecule has 0 bridgehead atoms. The van der Waals surface area contributed by atoms with E-state index in [0.717, 1.165) is 11.1 Å². The summed E-state index contributed by atoms with van der Waals surface area (Å²) < 4.78 is 36.6. The van der Waals surface area contributed by atoms with E-state index in [1.54, 1.807) is 18.2 Å². The molecule has 18 heavy (non-hydrogen) atoms. The van der Waals surface area contributed by atoms with Gasteiger partial charge < -0.3 is 11.1 Å². The van der Waals surface area contributed by atoms with Gasteiger partial charge in [0.2, 0.25) is 0 Å². The van der Waals surface area contributed by atoms with E-state index in [2.05, 4.69) is 5.32 Å². The van der Waals surface area contributed by atoms with Gasteiger partial charge in [-0.1, -0.05) is 12.2 Å². The summed E-state index contributed by atoms with van der Waals surface area (Å²) in [5.74, 6) is 0. The summed E-state index contributed by atoms with van der Waals surface area (Å²) in [7, 11) is 0. The van der Waals surface area contributed by atoms with Gasteiger partial charge in [0.25, 0.3) is 0 Å². The molecule has 1 aromatic carbocycles. The van der Waals surface area contributed by atoms with Crippen molar-refractivity contribution in [3.8, 4) is 0 Å². The first-order chi connectivity index (χ1) is 8.19. The predicted molar refractivity (Wildman–Crippen MR) is 70.8 cm³/mol. The van der Waals surface area contributed by atoms with Crippen molar-refractivity contribution >= 4 is 22.9 Å². The summed E-state index contributed by atoms with van der Waals surface area (Å²) in [5.41, 5.74) is 7.72. The molecule has 0 amide bonds.